The van der Waals surface area contributed by atoms with Crippen LogP contribution < -0.4 is 0 Å². The first-order valence-electron chi connectivity index (χ1n) is 5.83. The van der Waals surface area contributed by atoms with Crippen LogP contribution in [0.25, 0.3) is 0 Å². The van der Waals surface area contributed by atoms with Gasteiger partial charge in [-0.1, -0.05) is 33.3 Å². The highest BCUT2D eigenvalue weighted by Crippen LogP contribution is 2.16. The van der Waals surface area contributed by atoms with E-state index in [2.05, 4.69) is 26.2 Å². The molecule has 1 atom stereocenters. The molecule has 2 rings (SSSR count). The van der Waals surface area contributed by atoms with Gasteiger partial charge in [-0.15, -0.1) is 5.10 Å². The Balaban J connectivity index is 1.99. The minimum Gasteiger partial charge on any atom is -0.255 e. The summed E-state index contributed by atoms with van der Waals surface area (Å²) in [5.74, 6) is 0.246. The third-order valence-corrected chi connectivity index (χ3v) is 3.72. The number of aryl methyl sites for hydroxylation is 1. The number of halogens is 2. The molecule has 18 heavy (non-hydrogen) atoms. The molecule has 0 bridgehead atoms. The van der Waals surface area contributed by atoms with Crippen molar-refractivity contribution in [3.8, 4) is 0 Å². The van der Waals surface area contributed by atoms with E-state index >= 15 is 0 Å². The van der Waals surface area contributed by atoms with Gasteiger partial charge in [0.25, 0.3) is 0 Å². The number of hydrogen-bond acceptors (Lipinski definition) is 2. The SMILES string of the molecule is Cn1cc(CC(CBr)Cc2ccc(F)cc2)nn1. The smallest absolute Gasteiger partial charge is 0.123 e. The summed E-state index contributed by atoms with van der Waals surface area (Å²) in [6, 6.07) is 6.68. The molecular weight excluding hydrogens is 297 g/mol. The van der Waals surface area contributed by atoms with Crippen molar-refractivity contribution in [3.05, 3.63) is 47.5 Å². The minimum absolute atomic E-state index is 0.192. The second-order valence-electron chi connectivity index (χ2n) is 4.44. The third-order valence-electron chi connectivity index (χ3n) is 2.80. The van der Waals surface area contributed by atoms with Gasteiger partial charge in [0.2, 0.25) is 0 Å². The highest BCUT2D eigenvalue weighted by atomic mass is 79.9. The Labute approximate surface area is 114 Å². The van der Waals surface area contributed by atoms with E-state index in [1.807, 2.05) is 25.4 Å². The maximum Gasteiger partial charge on any atom is 0.123 e. The molecule has 0 saturated heterocycles. The molecule has 3 nitrogen and oxygen atoms in total. The maximum atomic E-state index is 12.8. The van der Waals surface area contributed by atoms with Gasteiger partial charge in [-0.05, 0) is 36.5 Å². The van der Waals surface area contributed by atoms with Gasteiger partial charge >= 0.3 is 0 Å². The molecule has 0 radical (unpaired) electrons. The van der Waals surface area contributed by atoms with Gasteiger partial charge in [0.1, 0.15) is 5.82 Å². The van der Waals surface area contributed by atoms with Crippen LogP contribution >= 0.6 is 15.9 Å². The predicted octanol–water partition coefficient (Wildman–Crippen LogP) is 2.75. The van der Waals surface area contributed by atoms with Crippen molar-refractivity contribution >= 4 is 15.9 Å². The zero-order valence-electron chi connectivity index (χ0n) is 10.2. The van der Waals surface area contributed by atoms with Gasteiger partial charge in [-0.3, -0.25) is 4.68 Å². The second kappa shape index (κ2) is 6.09. The normalized spacial score (nSPS) is 12.6. The van der Waals surface area contributed by atoms with Crippen molar-refractivity contribution in [1.82, 2.24) is 15.0 Å². The lowest BCUT2D eigenvalue weighted by Crippen LogP contribution is -2.10. The fourth-order valence-electron chi connectivity index (χ4n) is 1.92. The Morgan fingerprint density at radius 3 is 2.56 bits per heavy atom. The number of aromatic nitrogens is 3. The van der Waals surface area contributed by atoms with E-state index in [0.29, 0.717) is 5.92 Å². The summed E-state index contributed by atoms with van der Waals surface area (Å²) in [6.45, 7) is 0. The van der Waals surface area contributed by atoms with E-state index in [-0.39, 0.29) is 5.82 Å². The summed E-state index contributed by atoms with van der Waals surface area (Å²) >= 11 is 3.52. The van der Waals surface area contributed by atoms with E-state index in [4.69, 9.17) is 0 Å². The van der Waals surface area contributed by atoms with Crippen molar-refractivity contribution in [3.63, 3.8) is 0 Å². The molecule has 0 fully saturated rings. The van der Waals surface area contributed by atoms with Gasteiger partial charge in [-0.2, -0.15) is 0 Å². The highest BCUT2D eigenvalue weighted by Gasteiger charge is 2.11. The van der Waals surface area contributed by atoms with Crippen LogP contribution in [0.4, 0.5) is 4.39 Å². The first-order valence-corrected chi connectivity index (χ1v) is 6.95. The maximum absolute atomic E-state index is 12.8. The standard InChI is InChI=1S/C13H15BrFN3/c1-18-9-13(16-17-18)7-11(8-14)6-10-2-4-12(15)5-3-10/h2-5,9,11H,6-8H2,1H3. The molecule has 1 aromatic heterocycles. The lowest BCUT2D eigenvalue weighted by atomic mass is 9.97. The highest BCUT2D eigenvalue weighted by molar-refractivity contribution is 9.09. The van der Waals surface area contributed by atoms with Gasteiger partial charge in [-0.25, -0.2) is 4.39 Å². The molecular formula is C13H15BrFN3. The van der Waals surface area contributed by atoms with E-state index in [1.165, 1.54) is 12.1 Å². The summed E-state index contributed by atoms with van der Waals surface area (Å²) in [4.78, 5) is 0. The monoisotopic (exact) mass is 311 g/mol. The number of benzene rings is 1. The molecule has 0 saturated carbocycles. The first-order chi connectivity index (χ1) is 8.67. The van der Waals surface area contributed by atoms with Crippen molar-refractivity contribution in [1.29, 1.82) is 0 Å². The van der Waals surface area contributed by atoms with Crippen LogP contribution in [0.5, 0.6) is 0 Å². The first kappa shape index (κ1) is 13.2. The quantitative estimate of drug-likeness (QED) is 0.795. The predicted molar refractivity (Wildman–Crippen MR) is 72.1 cm³/mol. The van der Waals surface area contributed by atoms with Crippen LogP contribution in [-0.2, 0) is 19.9 Å². The fourth-order valence-corrected chi connectivity index (χ4v) is 2.38. The van der Waals surface area contributed by atoms with Gasteiger partial charge in [0, 0.05) is 18.6 Å². The number of nitrogens with zero attached hydrogens (tertiary/aromatic N) is 3. The molecule has 0 spiro atoms. The minimum atomic E-state index is -0.192. The van der Waals surface area contributed by atoms with Crippen LogP contribution in [0.2, 0.25) is 0 Å². The largest absolute Gasteiger partial charge is 0.255 e. The van der Waals surface area contributed by atoms with Crippen molar-refractivity contribution in [2.24, 2.45) is 13.0 Å². The lowest BCUT2D eigenvalue weighted by Gasteiger charge is -2.12. The Kier molecular flexibility index (Phi) is 4.47. The molecule has 2 aromatic rings. The number of rotatable bonds is 5. The van der Waals surface area contributed by atoms with Crippen LogP contribution in [0.3, 0.4) is 0 Å². The van der Waals surface area contributed by atoms with Gasteiger partial charge < -0.3 is 0 Å². The van der Waals surface area contributed by atoms with E-state index in [1.54, 1.807) is 4.68 Å². The van der Waals surface area contributed by atoms with E-state index in [0.717, 1.165) is 29.4 Å². The van der Waals surface area contributed by atoms with E-state index in [9.17, 15) is 4.39 Å². The van der Waals surface area contributed by atoms with Crippen LogP contribution in [0, 0.1) is 11.7 Å². The fraction of sp³-hybridized carbons (Fsp3) is 0.385. The molecule has 1 aromatic carbocycles. The Morgan fingerprint density at radius 1 is 1.28 bits per heavy atom. The average molecular weight is 312 g/mol. The molecule has 1 heterocycles. The van der Waals surface area contributed by atoms with Crippen molar-refractivity contribution in [2.75, 3.05) is 5.33 Å². The Bertz CT molecular complexity index is 495. The van der Waals surface area contributed by atoms with Gasteiger partial charge in [0.05, 0.1) is 5.69 Å². The van der Waals surface area contributed by atoms with Crippen LogP contribution in [0.1, 0.15) is 11.3 Å². The summed E-state index contributed by atoms with van der Waals surface area (Å²) in [7, 11) is 1.86. The van der Waals surface area contributed by atoms with Gasteiger partial charge in [0.15, 0.2) is 0 Å². The zero-order valence-corrected chi connectivity index (χ0v) is 11.8. The number of alkyl halides is 1. The molecule has 0 aliphatic rings. The molecule has 0 aliphatic heterocycles. The average Bonchev–Trinajstić information content (AvgIpc) is 2.77. The Hall–Kier alpha value is -1.23. The lowest BCUT2D eigenvalue weighted by molar-refractivity contribution is 0.578. The topological polar surface area (TPSA) is 30.7 Å². The van der Waals surface area contributed by atoms with Crippen molar-refractivity contribution < 1.29 is 4.39 Å². The summed E-state index contributed by atoms with van der Waals surface area (Å²) < 4.78 is 14.5. The van der Waals surface area contributed by atoms with E-state index < -0.39 is 0 Å². The summed E-state index contributed by atoms with van der Waals surface area (Å²) in [5, 5.41) is 8.91. The Morgan fingerprint density at radius 2 is 2.00 bits per heavy atom. The molecule has 0 aliphatic carbocycles. The van der Waals surface area contributed by atoms with Crippen LogP contribution in [0.15, 0.2) is 30.5 Å². The summed E-state index contributed by atoms with van der Waals surface area (Å²) in [5.41, 5.74) is 2.13. The second-order valence-corrected chi connectivity index (χ2v) is 5.09. The number of hydrogen-bond donors (Lipinski definition) is 0. The molecule has 1 unspecified atom stereocenters. The summed E-state index contributed by atoms with van der Waals surface area (Å²) in [6.07, 6.45) is 3.71. The zero-order chi connectivity index (χ0) is 13.0. The molecule has 0 amide bonds. The molecule has 0 N–H and O–H groups in total. The molecule has 96 valence electrons. The van der Waals surface area contributed by atoms with Crippen molar-refractivity contribution in [2.45, 2.75) is 12.8 Å². The third kappa shape index (κ3) is 3.63. The van der Waals surface area contributed by atoms with Crippen LogP contribution in [-0.4, -0.2) is 20.3 Å². The molecule has 5 heteroatoms.